The van der Waals surface area contributed by atoms with Gasteiger partial charge in [-0.2, -0.15) is 0 Å². The van der Waals surface area contributed by atoms with Gasteiger partial charge in [0.1, 0.15) is 11.2 Å². The Morgan fingerprint density at radius 1 is 0.268 bits per heavy atom. The van der Waals surface area contributed by atoms with Crippen LogP contribution in [-0.4, -0.2) is 13.7 Å². The zero-order chi connectivity index (χ0) is 46.3. The average molecular weight is 922 g/mol. The SMILES string of the molecule is c1cc(-c2cc(-n3c4ccccc4c4ccccc43)c3sc4c(-c5ccc6c(c5)c5ccccc5n6-c5ccc6oc7ccccc7c6c5)cccc4c3c2)cc(-n2c3ccccc3c3ccccc32)c1. The third kappa shape index (κ3) is 5.55. The molecule has 0 aliphatic rings. The minimum atomic E-state index is 0.899. The molecule has 5 aromatic heterocycles. The lowest BCUT2D eigenvalue weighted by molar-refractivity contribution is 0.669. The molecule has 0 aliphatic carbocycles. The Kier molecular flexibility index (Phi) is 8.01. The number of thiophene rings is 1. The van der Waals surface area contributed by atoms with E-state index >= 15 is 0 Å². The Balaban J connectivity index is 0.924. The minimum Gasteiger partial charge on any atom is -0.456 e. The Morgan fingerprint density at radius 3 is 1.44 bits per heavy atom. The van der Waals surface area contributed by atoms with E-state index in [4.69, 9.17) is 4.42 Å². The largest absolute Gasteiger partial charge is 0.456 e. The van der Waals surface area contributed by atoms with Crippen LogP contribution < -0.4 is 0 Å². The molecule has 0 fully saturated rings. The van der Waals surface area contributed by atoms with E-state index in [0.29, 0.717) is 0 Å². The van der Waals surface area contributed by atoms with E-state index in [-0.39, 0.29) is 0 Å². The van der Waals surface area contributed by atoms with Crippen LogP contribution in [0.4, 0.5) is 0 Å². The smallest absolute Gasteiger partial charge is 0.135 e. The molecular formula is C66H39N3OS. The molecular weight excluding hydrogens is 883 g/mol. The van der Waals surface area contributed by atoms with Gasteiger partial charge in [0.2, 0.25) is 0 Å². The van der Waals surface area contributed by atoms with E-state index in [0.717, 1.165) is 33.3 Å². The molecule has 11 aromatic carbocycles. The standard InChI is InChI=1S/C66H39N3OS/c1-7-25-56-46(17-1)47-18-2-8-26-57(47)67(56)43-16-13-15-40(35-43)42-37-55-52-24-14-23-45(65(52)71-66(55)62(38-42)69-59-28-10-3-19-48(59)49-20-4-11-29-60(49)69)41-31-33-61-53(36-41)50-21-5-9-27-58(50)68(61)44-32-34-64-54(39-44)51-22-6-12-30-63(51)70-64/h1-39H. The van der Waals surface area contributed by atoms with Crippen LogP contribution in [0.15, 0.2) is 241 Å². The third-order valence-electron chi connectivity index (χ3n) is 15.0. The van der Waals surface area contributed by atoms with Crippen molar-refractivity contribution in [3.8, 4) is 39.3 Å². The lowest BCUT2D eigenvalue weighted by atomic mass is 9.98. The molecule has 0 saturated heterocycles. The molecule has 5 heterocycles. The zero-order valence-corrected chi connectivity index (χ0v) is 39.0. The fraction of sp³-hybridized carbons (Fsp3) is 0. The minimum absolute atomic E-state index is 0.899. The second kappa shape index (κ2) is 14.7. The molecule has 0 spiro atoms. The van der Waals surface area contributed by atoms with Crippen molar-refractivity contribution in [2.75, 3.05) is 0 Å². The normalized spacial score (nSPS) is 12.2. The molecule has 4 nitrogen and oxygen atoms in total. The highest BCUT2D eigenvalue weighted by Crippen LogP contribution is 2.47. The van der Waals surface area contributed by atoms with E-state index in [1.165, 1.54) is 114 Å². The third-order valence-corrected chi connectivity index (χ3v) is 16.3. The van der Waals surface area contributed by atoms with Crippen LogP contribution in [0.2, 0.25) is 0 Å². The van der Waals surface area contributed by atoms with Gasteiger partial charge >= 0.3 is 0 Å². The molecule has 0 unspecified atom stereocenters. The molecule has 330 valence electrons. The highest BCUT2D eigenvalue weighted by atomic mass is 32.1. The summed E-state index contributed by atoms with van der Waals surface area (Å²) in [7, 11) is 0. The monoisotopic (exact) mass is 921 g/mol. The maximum absolute atomic E-state index is 6.25. The summed E-state index contributed by atoms with van der Waals surface area (Å²) in [5.74, 6) is 0. The maximum Gasteiger partial charge on any atom is 0.135 e. The number of hydrogen-bond donors (Lipinski definition) is 0. The molecule has 0 amide bonds. The second-order valence-electron chi connectivity index (χ2n) is 18.8. The van der Waals surface area contributed by atoms with Crippen LogP contribution >= 0.6 is 11.3 Å². The first-order valence-corrected chi connectivity index (χ1v) is 25.1. The lowest BCUT2D eigenvalue weighted by Gasteiger charge is -2.14. The lowest BCUT2D eigenvalue weighted by Crippen LogP contribution is -1.96. The van der Waals surface area contributed by atoms with Gasteiger partial charge in [-0.05, 0) is 113 Å². The van der Waals surface area contributed by atoms with Gasteiger partial charge < -0.3 is 18.1 Å². The van der Waals surface area contributed by atoms with Gasteiger partial charge in [-0.1, -0.05) is 146 Å². The molecule has 16 aromatic rings. The van der Waals surface area contributed by atoms with Gasteiger partial charge in [0.05, 0.1) is 43.5 Å². The maximum atomic E-state index is 6.25. The van der Waals surface area contributed by atoms with Crippen molar-refractivity contribution in [2.45, 2.75) is 0 Å². The molecule has 71 heavy (non-hydrogen) atoms. The summed E-state index contributed by atoms with van der Waals surface area (Å²) in [6, 6.07) is 86.9. The van der Waals surface area contributed by atoms with Crippen LogP contribution in [-0.2, 0) is 0 Å². The number of para-hydroxylation sites is 6. The van der Waals surface area contributed by atoms with E-state index < -0.39 is 0 Å². The molecule has 0 radical (unpaired) electrons. The fourth-order valence-corrected chi connectivity index (χ4v) is 13.2. The summed E-state index contributed by atoms with van der Waals surface area (Å²) >= 11 is 1.91. The van der Waals surface area contributed by atoms with Crippen molar-refractivity contribution < 1.29 is 4.42 Å². The zero-order valence-electron chi connectivity index (χ0n) is 38.2. The van der Waals surface area contributed by atoms with Gasteiger partial charge in [0.15, 0.2) is 0 Å². The quantitative estimate of drug-likeness (QED) is 0.169. The predicted molar refractivity (Wildman–Crippen MR) is 300 cm³/mol. The summed E-state index contributed by atoms with van der Waals surface area (Å²) in [6.07, 6.45) is 0. The van der Waals surface area contributed by atoms with Gasteiger partial charge in [0, 0.05) is 69.9 Å². The first-order chi connectivity index (χ1) is 35.2. The van der Waals surface area contributed by atoms with Crippen molar-refractivity contribution in [3.63, 3.8) is 0 Å². The van der Waals surface area contributed by atoms with Crippen molar-refractivity contribution in [3.05, 3.63) is 237 Å². The summed E-state index contributed by atoms with van der Waals surface area (Å²) in [4.78, 5) is 0. The Labute approximate surface area is 410 Å². The first kappa shape index (κ1) is 38.8. The number of furan rings is 1. The number of benzene rings is 11. The van der Waals surface area contributed by atoms with Crippen LogP contribution in [0, 0.1) is 0 Å². The number of nitrogens with zero attached hydrogens (tertiary/aromatic N) is 3. The molecule has 5 heteroatoms. The van der Waals surface area contributed by atoms with E-state index in [2.05, 4.69) is 238 Å². The molecule has 0 atom stereocenters. The van der Waals surface area contributed by atoms with Gasteiger partial charge in [0.25, 0.3) is 0 Å². The Morgan fingerprint density at radius 2 is 0.775 bits per heavy atom. The highest BCUT2D eigenvalue weighted by Gasteiger charge is 2.22. The summed E-state index contributed by atoms with van der Waals surface area (Å²) in [6.45, 7) is 0. The number of hydrogen-bond acceptors (Lipinski definition) is 2. The molecule has 16 rings (SSSR count). The topological polar surface area (TPSA) is 27.9 Å². The summed E-state index contributed by atoms with van der Waals surface area (Å²) < 4.78 is 16.1. The fourth-order valence-electron chi connectivity index (χ4n) is 11.9. The predicted octanol–water partition coefficient (Wildman–Crippen LogP) is 18.6. The van der Waals surface area contributed by atoms with Crippen molar-refractivity contribution in [1.82, 2.24) is 13.7 Å². The number of rotatable bonds is 5. The van der Waals surface area contributed by atoms with Crippen LogP contribution in [0.1, 0.15) is 0 Å². The molecule has 0 aliphatic heterocycles. The summed E-state index contributed by atoms with van der Waals surface area (Å²) in [5.41, 5.74) is 17.2. The van der Waals surface area contributed by atoms with E-state index in [1.807, 2.05) is 23.5 Å². The van der Waals surface area contributed by atoms with Crippen molar-refractivity contribution >= 4 is 119 Å². The van der Waals surface area contributed by atoms with E-state index in [9.17, 15) is 0 Å². The molecule has 0 N–H and O–H groups in total. The van der Waals surface area contributed by atoms with E-state index in [1.54, 1.807) is 0 Å². The molecule has 0 saturated carbocycles. The van der Waals surface area contributed by atoms with Crippen molar-refractivity contribution in [1.29, 1.82) is 0 Å². The van der Waals surface area contributed by atoms with Crippen molar-refractivity contribution in [2.24, 2.45) is 0 Å². The second-order valence-corrected chi connectivity index (χ2v) is 19.8. The van der Waals surface area contributed by atoms with Gasteiger partial charge in [-0.25, -0.2) is 0 Å². The van der Waals surface area contributed by atoms with Crippen LogP contribution in [0.5, 0.6) is 0 Å². The Bertz CT molecular complexity index is 4790. The first-order valence-electron chi connectivity index (χ1n) is 24.2. The average Bonchev–Trinajstić information content (AvgIpc) is 4.24. The summed E-state index contributed by atoms with van der Waals surface area (Å²) in [5, 5.41) is 12.2. The van der Waals surface area contributed by atoms with Gasteiger partial charge in [-0.3, -0.25) is 0 Å². The molecule has 0 bridgehead atoms. The number of aromatic nitrogens is 3. The number of fused-ring (bicyclic) bond motifs is 15. The van der Waals surface area contributed by atoms with Crippen LogP contribution in [0.3, 0.4) is 0 Å². The van der Waals surface area contributed by atoms with Crippen LogP contribution in [0.25, 0.3) is 147 Å². The highest BCUT2D eigenvalue weighted by molar-refractivity contribution is 7.26. The van der Waals surface area contributed by atoms with Gasteiger partial charge in [-0.15, -0.1) is 11.3 Å². The Hall–Kier alpha value is -9.16.